The second-order valence-electron chi connectivity index (χ2n) is 3.75. The molecular formula is C13H12NO2S. The van der Waals surface area contributed by atoms with E-state index in [1.165, 1.54) is 0 Å². The highest BCUT2D eigenvalue weighted by atomic mass is 32.2. The molecule has 0 aliphatic carbocycles. The SMILES string of the molecule is [CH2]S(=O)(=O)Cc1ncccc1-c1ccccc1. The lowest BCUT2D eigenvalue weighted by Crippen LogP contribution is -2.02. The first-order chi connectivity index (χ1) is 8.06. The second kappa shape index (κ2) is 4.67. The highest BCUT2D eigenvalue weighted by molar-refractivity contribution is 7.91. The van der Waals surface area contributed by atoms with E-state index >= 15 is 0 Å². The fraction of sp³-hybridized carbons (Fsp3) is 0.0769. The monoisotopic (exact) mass is 246 g/mol. The summed E-state index contributed by atoms with van der Waals surface area (Å²) >= 11 is 0. The highest BCUT2D eigenvalue weighted by Crippen LogP contribution is 2.23. The topological polar surface area (TPSA) is 47.0 Å². The number of hydrogen-bond acceptors (Lipinski definition) is 3. The largest absolute Gasteiger partial charge is 0.260 e. The minimum absolute atomic E-state index is 0.141. The Balaban J connectivity index is 2.49. The first kappa shape index (κ1) is 11.8. The predicted molar refractivity (Wildman–Crippen MR) is 67.7 cm³/mol. The molecule has 0 unspecified atom stereocenters. The van der Waals surface area contributed by atoms with Crippen molar-refractivity contribution in [2.75, 3.05) is 0 Å². The van der Waals surface area contributed by atoms with Crippen molar-refractivity contribution in [3.05, 3.63) is 60.6 Å². The summed E-state index contributed by atoms with van der Waals surface area (Å²) in [6.45, 7) is 0. The average molecular weight is 246 g/mol. The lowest BCUT2D eigenvalue weighted by atomic mass is 10.1. The number of pyridine rings is 1. The van der Waals surface area contributed by atoms with Gasteiger partial charge < -0.3 is 0 Å². The first-order valence-corrected chi connectivity index (χ1v) is 6.93. The molecule has 1 radical (unpaired) electrons. The summed E-state index contributed by atoms with van der Waals surface area (Å²) in [5, 5.41) is 0. The Bertz CT molecular complexity index is 606. The molecule has 1 heterocycles. The average Bonchev–Trinajstić information content (AvgIpc) is 2.29. The normalized spacial score (nSPS) is 11.4. The van der Waals surface area contributed by atoms with Crippen molar-refractivity contribution in [2.45, 2.75) is 5.75 Å². The second-order valence-corrected chi connectivity index (χ2v) is 5.53. The minimum atomic E-state index is -3.32. The van der Waals surface area contributed by atoms with E-state index in [4.69, 9.17) is 0 Å². The van der Waals surface area contributed by atoms with Gasteiger partial charge in [0.2, 0.25) is 0 Å². The van der Waals surface area contributed by atoms with Crippen LogP contribution in [0.25, 0.3) is 11.1 Å². The molecule has 0 saturated carbocycles. The Morgan fingerprint density at radius 3 is 2.41 bits per heavy atom. The fourth-order valence-corrected chi connectivity index (χ4v) is 2.29. The molecule has 1 aromatic carbocycles. The van der Waals surface area contributed by atoms with Crippen molar-refractivity contribution >= 4 is 9.84 Å². The van der Waals surface area contributed by atoms with Crippen LogP contribution in [0.3, 0.4) is 0 Å². The van der Waals surface area contributed by atoms with Gasteiger partial charge in [-0.25, -0.2) is 8.42 Å². The van der Waals surface area contributed by atoms with E-state index < -0.39 is 9.84 Å². The molecule has 2 aromatic rings. The van der Waals surface area contributed by atoms with E-state index in [0.717, 1.165) is 11.1 Å². The van der Waals surface area contributed by atoms with Crippen LogP contribution in [0.5, 0.6) is 0 Å². The molecule has 0 aliphatic rings. The van der Waals surface area contributed by atoms with Gasteiger partial charge in [-0.3, -0.25) is 4.98 Å². The van der Waals surface area contributed by atoms with Crippen molar-refractivity contribution in [2.24, 2.45) is 0 Å². The third kappa shape index (κ3) is 3.14. The lowest BCUT2D eigenvalue weighted by Gasteiger charge is -2.07. The van der Waals surface area contributed by atoms with E-state index in [0.29, 0.717) is 5.69 Å². The Hall–Kier alpha value is -1.68. The number of nitrogens with zero attached hydrogens (tertiary/aromatic N) is 1. The van der Waals surface area contributed by atoms with Gasteiger partial charge in [0.25, 0.3) is 0 Å². The van der Waals surface area contributed by atoms with E-state index in [1.807, 2.05) is 36.4 Å². The molecular weight excluding hydrogens is 234 g/mol. The molecule has 3 nitrogen and oxygen atoms in total. The van der Waals surface area contributed by atoms with E-state index in [2.05, 4.69) is 11.2 Å². The molecule has 0 aliphatic heterocycles. The predicted octanol–water partition coefficient (Wildman–Crippen LogP) is 2.45. The zero-order valence-electron chi connectivity index (χ0n) is 9.20. The van der Waals surface area contributed by atoms with Crippen LogP contribution in [0.15, 0.2) is 48.7 Å². The zero-order valence-corrected chi connectivity index (χ0v) is 10.0. The van der Waals surface area contributed by atoms with Crippen molar-refractivity contribution < 1.29 is 8.42 Å². The molecule has 4 heteroatoms. The smallest absolute Gasteiger partial charge is 0.157 e. The molecule has 0 spiro atoms. The van der Waals surface area contributed by atoms with Crippen LogP contribution < -0.4 is 0 Å². The molecule has 0 N–H and O–H groups in total. The summed E-state index contributed by atoms with van der Waals surface area (Å²) in [4.78, 5) is 4.12. The lowest BCUT2D eigenvalue weighted by molar-refractivity contribution is 0.603. The Morgan fingerprint density at radius 2 is 1.76 bits per heavy atom. The van der Waals surface area contributed by atoms with E-state index in [-0.39, 0.29) is 5.75 Å². The maximum absolute atomic E-state index is 11.2. The maximum Gasteiger partial charge on any atom is 0.157 e. The fourth-order valence-electron chi connectivity index (χ4n) is 1.64. The van der Waals surface area contributed by atoms with Gasteiger partial charge in [0.05, 0.1) is 17.7 Å². The molecule has 17 heavy (non-hydrogen) atoms. The van der Waals surface area contributed by atoms with E-state index in [9.17, 15) is 8.42 Å². The van der Waals surface area contributed by atoms with Gasteiger partial charge >= 0.3 is 0 Å². The molecule has 0 saturated heterocycles. The summed E-state index contributed by atoms with van der Waals surface area (Å²) in [7, 11) is -3.32. The summed E-state index contributed by atoms with van der Waals surface area (Å²) in [6, 6.07) is 13.2. The van der Waals surface area contributed by atoms with Gasteiger partial charge in [0.15, 0.2) is 9.84 Å². The summed E-state index contributed by atoms with van der Waals surface area (Å²) in [5.74, 6) is -0.141. The van der Waals surface area contributed by atoms with Crippen LogP contribution in [0.4, 0.5) is 0 Å². The van der Waals surface area contributed by atoms with Crippen molar-refractivity contribution in [1.29, 1.82) is 0 Å². The van der Waals surface area contributed by atoms with Crippen LogP contribution in [0.1, 0.15) is 5.69 Å². The van der Waals surface area contributed by atoms with Gasteiger partial charge in [-0.1, -0.05) is 36.4 Å². The molecule has 0 atom stereocenters. The van der Waals surface area contributed by atoms with Gasteiger partial charge in [0.1, 0.15) is 0 Å². The number of hydrogen-bond donors (Lipinski definition) is 0. The molecule has 87 valence electrons. The van der Waals surface area contributed by atoms with Crippen LogP contribution in [-0.2, 0) is 15.6 Å². The summed E-state index contributed by atoms with van der Waals surface area (Å²) < 4.78 is 22.5. The first-order valence-electron chi connectivity index (χ1n) is 5.11. The van der Waals surface area contributed by atoms with Crippen LogP contribution in [-0.4, -0.2) is 13.4 Å². The zero-order chi connectivity index (χ0) is 12.3. The third-order valence-electron chi connectivity index (χ3n) is 2.33. The van der Waals surface area contributed by atoms with Gasteiger partial charge in [-0.15, -0.1) is 0 Å². The molecule has 0 bridgehead atoms. The standard InChI is InChI=1S/C13H12NO2S/c1-17(15,16)10-13-12(8-5-9-14-13)11-6-3-2-4-7-11/h2-9H,1,10H2. The number of aromatic nitrogens is 1. The quantitative estimate of drug-likeness (QED) is 0.835. The highest BCUT2D eigenvalue weighted by Gasteiger charge is 2.11. The third-order valence-corrected chi connectivity index (χ3v) is 3.04. The van der Waals surface area contributed by atoms with Crippen molar-refractivity contribution in [1.82, 2.24) is 4.98 Å². The number of benzene rings is 1. The van der Waals surface area contributed by atoms with Crippen molar-refractivity contribution in [3.8, 4) is 11.1 Å². The Morgan fingerprint density at radius 1 is 1.06 bits per heavy atom. The van der Waals surface area contributed by atoms with Crippen molar-refractivity contribution in [3.63, 3.8) is 0 Å². The van der Waals surface area contributed by atoms with Gasteiger partial charge in [-0.05, 0) is 11.6 Å². The Kier molecular flexibility index (Phi) is 3.24. The minimum Gasteiger partial charge on any atom is -0.260 e. The Labute approximate surface area is 101 Å². The summed E-state index contributed by atoms with van der Waals surface area (Å²) in [6.07, 6.45) is 4.72. The van der Waals surface area contributed by atoms with Gasteiger partial charge in [0, 0.05) is 11.8 Å². The molecule has 0 fully saturated rings. The van der Waals surface area contributed by atoms with Crippen LogP contribution >= 0.6 is 0 Å². The van der Waals surface area contributed by atoms with E-state index in [1.54, 1.807) is 12.3 Å². The maximum atomic E-state index is 11.2. The number of rotatable bonds is 3. The van der Waals surface area contributed by atoms with Crippen LogP contribution in [0.2, 0.25) is 0 Å². The molecule has 0 amide bonds. The van der Waals surface area contributed by atoms with Gasteiger partial charge in [-0.2, -0.15) is 0 Å². The molecule has 2 rings (SSSR count). The molecule has 1 aromatic heterocycles. The summed E-state index contributed by atoms with van der Waals surface area (Å²) in [5.41, 5.74) is 2.33. The number of sulfone groups is 1. The van der Waals surface area contributed by atoms with Crippen LogP contribution in [0, 0.1) is 6.26 Å².